The molecule has 0 radical (unpaired) electrons. The molecule has 34 heavy (non-hydrogen) atoms. The minimum atomic E-state index is -0.232. The van der Waals surface area contributed by atoms with E-state index in [0.717, 1.165) is 47.4 Å². The van der Waals surface area contributed by atoms with E-state index in [4.69, 9.17) is 9.47 Å². The van der Waals surface area contributed by atoms with E-state index in [9.17, 15) is 9.59 Å². The van der Waals surface area contributed by atoms with Gasteiger partial charge in [0.2, 0.25) is 5.91 Å². The highest BCUT2D eigenvalue weighted by molar-refractivity contribution is 7.23. The predicted molar refractivity (Wildman–Crippen MR) is 135 cm³/mol. The third kappa shape index (κ3) is 5.66. The van der Waals surface area contributed by atoms with Crippen molar-refractivity contribution in [3.05, 3.63) is 47.5 Å². The molecule has 4 rings (SSSR count). The number of amides is 2. The van der Waals surface area contributed by atoms with Crippen LogP contribution < -0.4 is 20.3 Å². The van der Waals surface area contributed by atoms with E-state index in [1.54, 1.807) is 19.2 Å². The highest BCUT2D eigenvalue weighted by atomic mass is 32.1. The van der Waals surface area contributed by atoms with Gasteiger partial charge in [0.05, 0.1) is 30.7 Å². The predicted octanol–water partition coefficient (Wildman–Crippen LogP) is 4.20. The molecule has 9 heteroatoms. The van der Waals surface area contributed by atoms with Crippen LogP contribution in [0.3, 0.4) is 0 Å². The lowest BCUT2D eigenvalue weighted by molar-refractivity contribution is -0.121. The highest BCUT2D eigenvalue weighted by Gasteiger charge is 2.20. The number of morpholine rings is 1. The number of benzene rings is 2. The molecule has 1 saturated heterocycles. The van der Waals surface area contributed by atoms with Crippen molar-refractivity contribution in [1.29, 1.82) is 0 Å². The molecule has 1 aliphatic heterocycles. The van der Waals surface area contributed by atoms with Gasteiger partial charge in [-0.3, -0.25) is 14.9 Å². The Morgan fingerprint density at radius 2 is 1.91 bits per heavy atom. The largest absolute Gasteiger partial charge is 0.494 e. The monoisotopic (exact) mass is 482 g/mol. The van der Waals surface area contributed by atoms with Gasteiger partial charge in [-0.05, 0) is 36.2 Å². The zero-order valence-electron chi connectivity index (χ0n) is 19.6. The van der Waals surface area contributed by atoms with Crippen LogP contribution in [0.25, 0.3) is 10.2 Å². The number of nitrogens with one attached hydrogen (secondary N) is 2. The van der Waals surface area contributed by atoms with E-state index in [0.29, 0.717) is 42.6 Å². The topological polar surface area (TPSA) is 92.8 Å². The normalized spacial score (nSPS) is 13.6. The molecule has 3 aromatic rings. The fourth-order valence-electron chi connectivity index (χ4n) is 3.81. The average molecular weight is 483 g/mol. The number of carbonyl (C=O) groups is 2. The lowest BCUT2D eigenvalue weighted by atomic mass is 10.1. The summed E-state index contributed by atoms with van der Waals surface area (Å²) in [6, 6.07) is 11.2. The second kappa shape index (κ2) is 11.3. The van der Waals surface area contributed by atoms with Crippen LogP contribution in [-0.2, 0) is 16.1 Å². The first-order valence-corrected chi connectivity index (χ1v) is 12.4. The number of nitrogens with zero attached hydrogens (tertiary/aromatic N) is 2. The summed E-state index contributed by atoms with van der Waals surface area (Å²) < 4.78 is 12.0. The number of fused-ring (bicyclic) bond motifs is 1. The van der Waals surface area contributed by atoms with Crippen LogP contribution in [0.2, 0.25) is 0 Å². The van der Waals surface area contributed by atoms with Crippen molar-refractivity contribution in [2.45, 2.75) is 32.7 Å². The first kappa shape index (κ1) is 24.0. The van der Waals surface area contributed by atoms with E-state index >= 15 is 0 Å². The third-order valence-corrected chi connectivity index (χ3v) is 6.73. The van der Waals surface area contributed by atoms with Gasteiger partial charge in [-0.25, -0.2) is 4.98 Å². The number of rotatable bonds is 9. The van der Waals surface area contributed by atoms with Crippen LogP contribution in [0.5, 0.6) is 5.75 Å². The molecule has 0 bridgehead atoms. The van der Waals surface area contributed by atoms with Gasteiger partial charge in [0.1, 0.15) is 11.3 Å². The highest BCUT2D eigenvalue weighted by Crippen LogP contribution is 2.39. The summed E-state index contributed by atoms with van der Waals surface area (Å²) in [6.45, 7) is 5.51. The molecule has 0 atom stereocenters. The quantitative estimate of drug-likeness (QED) is 0.475. The zero-order chi connectivity index (χ0) is 23.9. The number of methoxy groups -OCH3 is 1. The zero-order valence-corrected chi connectivity index (χ0v) is 20.4. The van der Waals surface area contributed by atoms with Crippen molar-refractivity contribution in [2.75, 3.05) is 43.6 Å². The average Bonchev–Trinajstić information content (AvgIpc) is 3.30. The number of unbranched alkanes of at least 4 members (excludes halogenated alkanes) is 1. The van der Waals surface area contributed by atoms with Crippen LogP contribution in [0, 0.1) is 0 Å². The molecule has 0 spiro atoms. The summed E-state index contributed by atoms with van der Waals surface area (Å²) in [5, 5.41) is 6.35. The number of hydrogen-bond acceptors (Lipinski definition) is 7. The standard InChI is InChI=1S/C25H30N4O4S/c1-3-4-5-21(30)26-16-17-6-8-18(9-7-17)24(31)28-25-27-22-20(32-2)11-10-19(23(22)34-25)29-12-14-33-15-13-29/h6-11H,3-5,12-16H2,1-2H3,(H,26,30)(H,27,28,31). The van der Waals surface area contributed by atoms with Gasteiger partial charge in [-0.15, -0.1) is 0 Å². The number of carbonyl (C=O) groups excluding carboxylic acids is 2. The fraction of sp³-hybridized carbons (Fsp3) is 0.400. The van der Waals surface area contributed by atoms with E-state index in [2.05, 4.69) is 27.4 Å². The van der Waals surface area contributed by atoms with Crippen molar-refractivity contribution in [3.63, 3.8) is 0 Å². The molecular formula is C25H30N4O4S. The summed E-state index contributed by atoms with van der Waals surface area (Å²) in [7, 11) is 1.62. The number of anilines is 2. The Balaban J connectivity index is 1.45. The van der Waals surface area contributed by atoms with Gasteiger partial charge in [0.25, 0.3) is 5.91 Å². The van der Waals surface area contributed by atoms with E-state index < -0.39 is 0 Å². The molecule has 2 heterocycles. The molecule has 8 nitrogen and oxygen atoms in total. The Bertz CT molecular complexity index is 1140. The van der Waals surface area contributed by atoms with Gasteiger partial charge in [-0.2, -0.15) is 0 Å². The summed E-state index contributed by atoms with van der Waals surface area (Å²) >= 11 is 1.44. The molecule has 1 aromatic heterocycles. The van der Waals surface area contributed by atoms with Crippen molar-refractivity contribution in [1.82, 2.24) is 10.3 Å². The van der Waals surface area contributed by atoms with Gasteiger partial charge in [0, 0.05) is 31.6 Å². The second-order valence-corrected chi connectivity index (χ2v) is 9.11. The molecule has 1 fully saturated rings. The maximum Gasteiger partial charge on any atom is 0.257 e. The van der Waals surface area contributed by atoms with Crippen LogP contribution in [0.4, 0.5) is 10.8 Å². The number of aromatic nitrogens is 1. The van der Waals surface area contributed by atoms with Crippen LogP contribution in [0.15, 0.2) is 36.4 Å². The summed E-state index contributed by atoms with van der Waals surface area (Å²) in [6.07, 6.45) is 2.42. The molecule has 2 N–H and O–H groups in total. The Kier molecular flexibility index (Phi) is 7.97. The first-order chi connectivity index (χ1) is 16.6. The smallest absolute Gasteiger partial charge is 0.257 e. The van der Waals surface area contributed by atoms with Crippen LogP contribution in [-0.4, -0.2) is 50.2 Å². The van der Waals surface area contributed by atoms with Gasteiger partial charge >= 0.3 is 0 Å². The van der Waals surface area contributed by atoms with Crippen molar-refractivity contribution in [2.24, 2.45) is 0 Å². The molecular weight excluding hydrogens is 452 g/mol. The maximum absolute atomic E-state index is 12.9. The molecule has 180 valence electrons. The number of hydrogen-bond donors (Lipinski definition) is 2. The van der Waals surface area contributed by atoms with Gasteiger partial charge < -0.3 is 19.7 Å². The molecule has 0 saturated carbocycles. The minimum Gasteiger partial charge on any atom is -0.494 e. The van der Waals surface area contributed by atoms with Crippen LogP contribution >= 0.6 is 11.3 Å². The maximum atomic E-state index is 12.9. The molecule has 0 unspecified atom stereocenters. The summed E-state index contributed by atoms with van der Waals surface area (Å²) in [4.78, 5) is 31.6. The summed E-state index contributed by atoms with van der Waals surface area (Å²) in [5.41, 5.74) is 3.28. The van der Waals surface area contributed by atoms with Crippen LogP contribution in [0.1, 0.15) is 42.1 Å². The number of ether oxygens (including phenoxy) is 2. The Morgan fingerprint density at radius 3 is 2.62 bits per heavy atom. The lowest BCUT2D eigenvalue weighted by Gasteiger charge is -2.29. The van der Waals surface area contributed by atoms with Crippen molar-refractivity contribution < 1.29 is 19.1 Å². The Morgan fingerprint density at radius 1 is 1.15 bits per heavy atom. The summed E-state index contributed by atoms with van der Waals surface area (Å²) in [5.74, 6) is 0.491. The van der Waals surface area contributed by atoms with Crippen molar-refractivity contribution in [3.8, 4) is 5.75 Å². The molecule has 0 aliphatic carbocycles. The first-order valence-electron chi connectivity index (χ1n) is 11.6. The van der Waals surface area contributed by atoms with Gasteiger partial charge in [-0.1, -0.05) is 36.8 Å². The van der Waals surface area contributed by atoms with Crippen molar-refractivity contribution >= 4 is 44.2 Å². The second-order valence-electron chi connectivity index (χ2n) is 8.11. The number of thiazole rings is 1. The lowest BCUT2D eigenvalue weighted by Crippen LogP contribution is -2.36. The molecule has 2 amide bonds. The van der Waals surface area contributed by atoms with E-state index in [1.807, 2.05) is 24.3 Å². The fourth-order valence-corrected chi connectivity index (χ4v) is 4.83. The van der Waals surface area contributed by atoms with E-state index in [1.165, 1.54) is 11.3 Å². The van der Waals surface area contributed by atoms with E-state index in [-0.39, 0.29) is 11.8 Å². The van der Waals surface area contributed by atoms with Gasteiger partial charge in [0.15, 0.2) is 5.13 Å². The Hall–Kier alpha value is -3.17. The SMILES string of the molecule is CCCCC(=O)NCc1ccc(C(=O)Nc2nc3c(OC)ccc(N4CCOCC4)c3s2)cc1. The molecule has 2 aromatic carbocycles. The Labute approximate surface area is 203 Å². The third-order valence-electron chi connectivity index (χ3n) is 5.74. The minimum absolute atomic E-state index is 0.0476. The molecule has 1 aliphatic rings.